The Bertz CT molecular complexity index is 1180. The number of para-hydroxylation sites is 1. The first-order valence-corrected chi connectivity index (χ1v) is 13.1. The molecule has 0 bridgehead atoms. The molecule has 1 saturated heterocycles. The molecule has 2 heterocycles. The van der Waals surface area contributed by atoms with Gasteiger partial charge in [-0.3, -0.25) is 14.3 Å². The van der Waals surface area contributed by atoms with Crippen LogP contribution in [-0.4, -0.2) is 51.0 Å². The maximum Gasteiger partial charge on any atom is 0.237 e. The molecule has 1 aliphatic rings. The molecule has 0 saturated carbocycles. The quantitative estimate of drug-likeness (QED) is 0.398. The fourth-order valence-corrected chi connectivity index (χ4v) is 5.15. The summed E-state index contributed by atoms with van der Waals surface area (Å²) in [5.74, 6) is 1.06. The van der Waals surface area contributed by atoms with Crippen molar-refractivity contribution in [2.24, 2.45) is 0 Å². The SMILES string of the molecule is Cc1ccc(N(CCC#N)C(=O)CSc2nnc(CN3CCCCC3)n2-c2ccccc2)cc1C. The molecule has 2 aromatic carbocycles. The smallest absolute Gasteiger partial charge is 0.237 e. The third-order valence-electron chi connectivity index (χ3n) is 6.40. The van der Waals surface area contributed by atoms with E-state index in [0.717, 1.165) is 42.4 Å². The summed E-state index contributed by atoms with van der Waals surface area (Å²) in [5.41, 5.74) is 4.11. The van der Waals surface area contributed by atoms with Crippen molar-refractivity contribution in [3.05, 3.63) is 65.5 Å². The Morgan fingerprint density at radius 2 is 1.83 bits per heavy atom. The van der Waals surface area contributed by atoms with Crippen LogP contribution in [0, 0.1) is 25.2 Å². The Labute approximate surface area is 211 Å². The molecular weight excluding hydrogens is 456 g/mol. The molecule has 0 aliphatic carbocycles. The lowest BCUT2D eigenvalue weighted by atomic mass is 10.1. The number of hydrogen-bond donors (Lipinski definition) is 0. The summed E-state index contributed by atoms with van der Waals surface area (Å²) in [6, 6.07) is 18.2. The van der Waals surface area contributed by atoms with E-state index in [-0.39, 0.29) is 18.1 Å². The minimum absolute atomic E-state index is 0.0475. The zero-order valence-electron chi connectivity index (χ0n) is 20.5. The molecule has 0 radical (unpaired) electrons. The molecule has 7 nitrogen and oxygen atoms in total. The van der Waals surface area contributed by atoms with Gasteiger partial charge in [-0.2, -0.15) is 5.26 Å². The van der Waals surface area contributed by atoms with E-state index in [2.05, 4.69) is 25.7 Å². The number of nitrogens with zero attached hydrogens (tertiary/aromatic N) is 6. The molecule has 182 valence electrons. The molecule has 35 heavy (non-hydrogen) atoms. The molecule has 4 rings (SSSR count). The van der Waals surface area contributed by atoms with Crippen LogP contribution in [0.25, 0.3) is 5.69 Å². The Hall–Kier alpha value is -3.15. The summed E-state index contributed by atoms with van der Waals surface area (Å²) < 4.78 is 2.07. The molecule has 0 unspecified atom stereocenters. The largest absolute Gasteiger partial charge is 0.311 e. The Kier molecular flexibility index (Phi) is 8.56. The fraction of sp³-hybridized carbons (Fsp3) is 0.407. The van der Waals surface area contributed by atoms with Gasteiger partial charge < -0.3 is 4.90 Å². The van der Waals surface area contributed by atoms with Gasteiger partial charge in [0.15, 0.2) is 11.0 Å². The average molecular weight is 489 g/mol. The zero-order chi connectivity index (χ0) is 24.6. The molecule has 0 N–H and O–H groups in total. The number of carbonyl (C=O) groups is 1. The van der Waals surface area contributed by atoms with Gasteiger partial charge in [-0.15, -0.1) is 10.2 Å². The maximum absolute atomic E-state index is 13.3. The molecule has 0 atom stereocenters. The third kappa shape index (κ3) is 6.30. The van der Waals surface area contributed by atoms with Gasteiger partial charge in [-0.1, -0.05) is 42.4 Å². The number of aryl methyl sites for hydroxylation is 2. The number of benzene rings is 2. The number of amides is 1. The van der Waals surface area contributed by atoms with Gasteiger partial charge in [0.1, 0.15) is 0 Å². The molecule has 3 aromatic rings. The highest BCUT2D eigenvalue weighted by atomic mass is 32.2. The molecule has 0 spiro atoms. The van der Waals surface area contributed by atoms with Crippen LogP contribution in [0.3, 0.4) is 0 Å². The normalized spacial score (nSPS) is 14.0. The number of nitriles is 1. The summed E-state index contributed by atoms with van der Waals surface area (Å²) >= 11 is 1.39. The monoisotopic (exact) mass is 488 g/mol. The van der Waals surface area contributed by atoms with E-state index < -0.39 is 0 Å². The van der Waals surface area contributed by atoms with Crippen molar-refractivity contribution in [1.29, 1.82) is 5.26 Å². The van der Waals surface area contributed by atoms with Crippen molar-refractivity contribution in [3.63, 3.8) is 0 Å². The highest BCUT2D eigenvalue weighted by Gasteiger charge is 2.21. The average Bonchev–Trinajstić information content (AvgIpc) is 3.28. The van der Waals surface area contributed by atoms with E-state index >= 15 is 0 Å². The molecule has 1 amide bonds. The summed E-state index contributed by atoms with van der Waals surface area (Å²) in [6.07, 6.45) is 4.00. The van der Waals surface area contributed by atoms with Gasteiger partial charge in [0.25, 0.3) is 0 Å². The Balaban J connectivity index is 1.54. The zero-order valence-corrected chi connectivity index (χ0v) is 21.3. The first-order chi connectivity index (χ1) is 17.1. The number of carbonyl (C=O) groups excluding carboxylic acids is 1. The van der Waals surface area contributed by atoms with E-state index in [1.807, 2.05) is 62.4 Å². The van der Waals surface area contributed by atoms with Crippen LogP contribution in [0.15, 0.2) is 53.7 Å². The van der Waals surface area contributed by atoms with Gasteiger partial charge in [0, 0.05) is 17.9 Å². The van der Waals surface area contributed by atoms with Gasteiger partial charge >= 0.3 is 0 Å². The predicted molar refractivity (Wildman–Crippen MR) is 140 cm³/mol. The van der Waals surface area contributed by atoms with Gasteiger partial charge in [-0.05, 0) is 75.2 Å². The summed E-state index contributed by atoms with van der Waals surface area (Å²) in [6.45, 7) is 7.34. The van der Waals surface area contributed by atoms with Crippen molar-refractivity contribution >= 4 is 23.4 Å². The molecule has 1 aliphatic heterocycles. The van der Waals surface area contributed by atoms with Crippen molar-refractivity contribution in [2.45, 2.75) is 51.2 Å². The lowest BCUT2D eigenvalue weighted by molar-refractivity contribution is -0.116. The fourth-order valence-electron chi connectivity index (χ4n) is 4.31. The van der Waals surface area contributed by atoms with Crippen molar-refractivity contribution < 1.29 is 4.79 Å². The summed E-state index contributed by atoms with van der Waals surface area (Å²) in [4.78, 5) is 17.5. The van der Waals surface area contributed by atoms with E-state index in [0.29, 0.717) is 11.7 Å². The number of aromatic nitrogens is 3. The lowest BCUT2D eigenvalue weighted by Gasteiger charge is -2.26. The van der Waals surface area contributed by atoms with E-state index in [4.69, 9.17) is 5.26 Å². The van der Waals surface area contributed by atoms with Crippen LogP contribution in [-0.2, 0) is 11.3 Å². The Morgan fingerprint density at radius 3 is 2.54 bits per heavy atom. The molecule has 1 fully saturated rings. The number of anilines is 1. The second kappa shape index (κ2) is 12.0. The summed E-state index contributed by atoms with van der Waals surface area (Å²) in [7, 11) is 0. The highest BCUT2D eigenvalue weighted by molar-refractivity contribution is 7.99. The van der Waals surface area contributed by atoms with Crippen LogP contribution in [0.1, 0.15) is 42.6 Å². The minimum Gasteiger partial charge on any atom is -0.311 e. The van der Waals surface area contributed by atoms with Crippen molar-refractivity contribution in [3.8, 4) is 11.8 Å². The topological polar surface area (TPSA) is 78.0 Å². The minimum atomic E-state index is -0.0475. The number of piperidine rings is 1. The second-order valence-corrected chi connectivity index (χ2v) is 9.86. The van der Waals surface area contributed by atoms with Gasteiger partial charge in [-0.25, -0.2) is 0 Å². The summed E-state index contributed by atoms with van der Waals surface area (Å²) in [5, 5.41) is 18.8. The lowest BCUT2D eigenvalue weighted by Crippen LogP contribution is -2.33. The standard InChI is InChI=1S/C27H32N6OS/c1-21-12-13-24(18-22(21)2)32(17-9-14-28)26(34)20-35-27-30-29-25(19-31-15-7-4-8-16-31)33(27)23-10-5-3-6-11-23/h3,5-6,10-13,18H,4,7-9,15-17,19-20H2,1-2H3. The van der Waals surface area contributed by atoms with Crippen LogP contribution >= 0.6 is 11.8 Å². The van der Waals surface area contributed by atoms with Crippen LogP contribution in [0.5, 0.6) is 0 Å². The second-order valence-electron chi connectivity index (χ2n) is 8.92. The first kappa shape index (κ1) is 25.0. The van der Waals surface area contributed by atoms with Gasteiger partial charge in [0.05, 0.1) is 24.8 Å². The van der Waals surface area contributed by atoms with Gasteiger partial charge in [0.2, 0.25) is 5.91 Å². The third-order valence-corrected chi connectivity index (χ3v) is 7.32. The first-order valence-electron chi connectivity index (χ1n) is 12.2. The van der Waals surface area contributed by atoms with Crippen LogP contribution < -0.4 is 4.90 Å². The number of hydrogen-bond acceptors (Lipinski definition) is 6. The number of thioether (sulfide) groups is 1. The highest BCUT2D eigenvalue weighted by Crippen LogP contribution is 2.26. The predicted octanol–water partition coefficient (Wildman–Crippen LogP) is 4.91. The van der Waals surface area contributed by atoms with Crippen molar-refractivity contribution in [1.82, 2.24) is 19.7 Å². The molecular formula is C27H32N6OS. The van der Waals surface area contributed by atoms with E-state index in [9.17, 15) is 4.79 Å². The number of rotatable bonds is 9. The van der Waals surface area contributed by atoms with Crippen LogP contribution in [0.4, 0.5) is 5.69 Å². The van der Waals surface area contributed by atoms with E-state index in [1.165, 1.54) is 36.6 Å². The molecule has 1 aromatic heterocycles. The van der Waals surface area contributed by atoms with E-state index in [1.54, 1.807) is 4.90 Å². The van der Waals surface area contributed by atoms with Crippen LogP contribution in [0.2, 0.25) is 0 Å². The number of likely N-dealkylation sites (tertiary alicyclic amines) is 1. The Morgan fingerprint density at radius 1 is 1.06 bits per heavy atom. The molecule has 8 heteroatoms. The van der Waals surface area contributed by atoms with Crippen molar-refractivity contribution in [2.75, 3.05) is 30.3 Å². The maximum atomic E-state index is 13.3.